The van der Waals surface area contributed by atoms with Gasteiger partial charge in [-0.1, -0.05) is 6.92 Å². The maximum Gasteiger partial charge on any atom is 0.309 e. The molecule has 8 heavy (non-hydrogen) atoms. The molecule has 1 nitrogen and oxygen atoms in total. The predicted octanol–water partition coefficient (Wildman–Crippen LogP) is 1.52. The Kier molecular flexibility index (Phi) is 5.06. The van der Waals surface area contributed by atoms with Gasteiger partial charge in [0.1, 0.15) is 0 Å². The van der Waals surface area contributed by atoms with Gasteiger partial charge in [0.2, 0.25) is 0 Å². The average molecular weight is 172 g/mol. The zero-order valence-corrected chi connectivity index (χ0v) is 7.86. The number of rotatable bonds is 3. The summed E-state index contributed by atoms with van der Waals surface area (Å²) in [5, 5.41) is 0. The molecule has 0 aromatic rings. The van der Waals surface area contributed by atoms with Crippen molar-refractivity contribution in [1.29, 1.82) is 0 Å². The summed E-state index contributed by atoms with van der Waals surface area (Å²) in [5.41, 5.74) is 0. The second-order valence-electron chi connectivity index (χ2n) is 1.76. The quantitative estimate of drug-likeness (QED) is 0.461. The molecule has 0 radical (unpaired) electrons. The lowest BCUT2D eigenvalue weighted by Crippen LogP contribution is -2.27. The molecule has 4 heteroatoms. The molecule has 0 rings (SSSR count). The van der Waals surface area contributed by atoms with Gasteiger partial charge in [0.15, 0.2) is 0 Å². The van der Waals surface area contributed by atoms with E-state index in [1.807, 2.05) is 11.6 Å². The Morgan fingerprint density at radius 1 is 1.50 bits per heavy atom. The lowest BCUT2D eigenvalue weighted by molar-refractivity contribution is 0.533. The third-order valence-electron chi connectivity index (χ3n) is 0.910. The first-order valence-electron chi connectivity index (χ1n) is 2.67. The Balaban J connectivity index is 3.17. The average Bonchev–Trinajstić information content (AvgIpc) is 1.67. The minimum atomic E-state index is -1.50. The molecule has 0 atom stereocenters. The standard InChI is InChI=1S/C4H11Cl2NSi/c1-3-4-7(2)8(5)6/h8H,3-4H2,1-2H3. The molecule has 0 aliphatic rings. The zero-order valence-electron chi connectivity index (χ0n) is 5.19. The van der Waals surface area contributed by atoms with E-state index in [1.165, 1.54) is 0 Å². The smallest absolute Gasteiger partial charge is 0.305 e. The van der Waals surface area contributed by atoms with Gasteiger partial charge in [0.05, 0.1) is 0 Å². The van der Waals surface area contributed by atoms with E-state index >= 15 is 0 Å². The van der Waals surface area contributed by atoms with Gasteiger partial charge in [0.25, 0.3) is 0 Å². The third kappa shape index (κ3) is 3.72. The molecule has 0 N–H and O–H groups in total. The van der Waals surface area contributed by atoms with E-state index in [0.717, 1.165) is 13.0 Å². The Morgan fingerprint density at radius 2 is 2.00 bits per heavy atom. The van der Waals surface area contributed by atoms with E-state index in [9.17, 15) is 0 Å². The maximum absolute atomic E-state index is 5.64. The van der Waals surface area contributed by atoms with Crippen LogP contribution < -0.4 is 0 Å². The summed E-state index contributed by atoms with van der Waals surface area (Å²) in [7, 11) is 0.454. The molecular weight excluding hydrogens is 161 g/mol. The molecule has 0 saturated carbocycles. The summed E-state index contributed by atoms with van der Waals surface area (Å²) in [5.74, 6) is 0. The second-order valence-corrected chi connectivity index (χ2v) is 6.35. The van der Waals surface area contributed by atoms with Gasteiger partial charge in [0, 0.05) is 0 Å². The van der Waals surface area contributed by atoms with Crippen molar-refractivity contribution in [3.63, 3.8) is 0 Å². The molecule has 0 amide bonds. The summed E-state index contributed by atoms with van der Waals surface area (Å²) >= 11 is 11.3. The molecular formula is C4H11Cl2NSi. The molecule has 0 fully saturated rings. The van der Waals surface area contributed by atoms with Gasteiger partial charge in [-0.05, 0) is 20.0 Å². The maximum atomic E-state index is 5.64. The highest BCUT2D eigenvalue weighted by atomic mass is 35.7. The van der Waals surface area contributed by atoms with Crippen LogP contribution in [-0.2, 0) is 0 Å². The van der Waals surface area contributed by atoms with Crippen LogP contribution in [0.3, 0.4) is 0 Å². The Morgan fingerprint density at radius 3 is 2.12 bits per heavy atom. The monoisotopic (exact) mass is 171 g/mol. The third-order valence-corrected chi connectivity index (χ3v) is 3.83. The Bertz CT molecular complexity index is 60.0. The van der Waals surface area contributed by atoms with E-state index in [1.54, 1.807) is 0 Å². The van der Waals surface area contributed by atoms with E-state index in [-0.39, 0.29) is 0 Å². The first-order valence-corrected chi connectivity index (χ1v) is 6.67. The van der Waals surface area contributed by atoms with Crippen molar-refractivity contribution in [2.45, 2.75) is 13.3 Å². The highest BCUT2D eigenvalue weighted by Gasteiger charge is 2.06. The fraction of sp³-hybridized carbons (Fsp3) is 1.00. The van der Waals surface area contributed by atoms with Crippen molar-refractivity contribution in [2.24, 2.45) is 0 Å². The topological polar surface area (TPSA) is 3.24 Å². The van der Waals surface area contributed by atoms with Crippen LogP contribution in [0.15, 0.2) is 0 Å². The Hall–Kier alpha value is 0.757. The van der Waals surface area contributed by atoms with Gasteiger partial charge < -0.3 is 4.57 Å². The summed E-state index contributed by atoms with van der Waals surface area (Å²) in [4.78, 5) is 0. The second kappa shape index (κ2) is 4.62. The Labute approximate surface area is 61.7 Å². The first kappa shape index (κ1) is 8.76. The van der Waals surface area contributed by atoms with E-state index in [4.69, 9.17) is 22.2 Å². The minimum Gasteiger partial charge on any atom is -0.305 e. The van der Waals surface area contributed by atoms with Gasteiger partial charge in [-0.3, -0.25) is 0 Å². The molecule has 0 aromatic carbocycles. The van der Waals surface area contributed by atoms with Crippen LogP contribution in [0.1, 0.15) is 13.3 Å². The van der Waals surface area contributed by atoms with E-state index in [0.29, 0.717) is 0 Å². The van der Waals surface area contributed by atoms with Crippen LogP contribution >= 0.6 is 22.2 Å². The molecule has 0 saturated heterocycles. The molecule has 0 heterocycles. The molecule has 0 bridgehead atoms. The number of hydrogen-bond acceptors (Lipinski definition) is 1. The van der Waals surface area contributed by atoms with Crippen molar-refractivity contribution in [3.8, 4) is 0 Å². The lowest BCUT2D eigenvalue weighted by Gasteiger charge is -2.13. The van der Waals surface area contributed by atoms with Gasteiger partial charge in [-0.2, -0.15) is 0 Å². The normalized spacial score (nSPS) is 11.2. The molecule has 50 valence electrons. The minimum absolute atomic E-state index is 1.02. The largest absolute Gasteiger partial charge is 0.309 e. The van der Waals surface area contributed by atoms with Crippen LogP contribution in [-0.4, -0.2) is 25.7 Å². The molecule has 0 aliphatic carbocycles. The fourth-order valence-corrected chi connectivity index (χ4v) is 1.49. The van der Waals surface area contributed by atoms with E-state index < -0.39 is 7.58 Å². The van der Waals surface area contributed by atoms with Crippen LogP contribution in [0.25, 0.3) is 0 Å². The molecule has 0 aromatic heterocycles. The lowest BCUT2D eigenvalue weighted by atomic mass is 10.5. The number of hydrogen-bond donors (Lipinski definition) is 0. The van der Waals surface area contributed by atoms with Crippen molar-refractivity contribution in [1.82, 2.24) is 4.57 Å². The van der Waals surface area contributed by atoms with Crippen LogP contribution in [0.5, 0.6) is 0 Å². The zero-order chi connectivity index (χ0) is 6.57. The van der Waals surface area contributed by atoms with Gasteiger partial charge >= 0.3 is 7.58 Å². The van der Waals surface area contributed by atoms with Gasteiger partial charge in [-0.25, -0.2) is 0 Å². The molecule has 0 unspecified atom stereocenters. The van der Waals surface area contributed by atoms with Gasteiger partial charge in [-0.15, -0.1) is 22.2 Å². The molecule has 0 aliphatic heterocycles. The molecule has 0 spiro atoms. The summed E-state index contributed by atoms with van der Waals surface area (Å²) in [6, 6.07) is 0. The van der Waals surface area contributed by atoms with Crippen LogP contribution in [0, 0.1) is 0 Å². The van der Waals surface area contributed by atoms with Crippen molar-refractivity contribution < 1.29 is 0 Å². The van der Waals surface area contributed by atoms with Crippen molar-refractivity contribution >= 4 is 29.7 Å². The highest BCUT2D eigenvalue weighted by Crippen LogP contribution is 2.00. The highest BCUT2D eigenvalue weighted by molar-refractivity contribution is 7.32. The van der Waals surface area contributed by atoms with Crippen molar-refractivity contribution in [2.75, 3.05) is 13.6 Å². The summed E-state index contributed by atoms with van der Waals surface area (Å²) in [6.45, 7) is 3.13. The first-order chi connectivity index (χ1) is 3.68. The summed E-state index contributed by atoms with van der Waals surface area (Å²) in [6.07, 6.45) is 1.12. The van der Waals surface area contributed by atoms with Crippen LogP contribution in [0.2, 0.25) is 0 Å². The van der Waals surface area contributed by atoms with E-state index in [2.05, 4.69) is 6.92 Å². The number of nitrogens with zero attached hydrogens (tertiary/aromatic N) is 1. The SMILES string of the molecule is CCCN(C)[SiH](Cl)Cl. The fourth-order valence-electron chi connectivity index (χ4n) is 0.450. The van der Waals surface area contributed by atoms with Crippen molar-refractivity contribution in [3.05, 3.63) is 0 Å². The summed E-state index contributed by atoms with van der Waals surface area (Å²) < 4.78 is 2.02. The number of halogens is 2. The van der Waals surface area contributed by atoms with Crippen LogP contribution in [0.4, 0.5) is 0 Å². The predicted molar refractivity (Wildman–Crippen MR) is 41.8 cm³/mol.